The molecule has 3 atom stereocenters. The van der Waals surface area contributed by atoms with Crippen LogP contribution in [0.25, 0.3) is 0 Å². The molecule has 0 radical (unpaired) electrons. The molecule has 0 saturated carbocycles. The second-order valence-electron chi connectivity index (χ2n) is 7.95. The van der Waals surface area contributed by atoms with Crippen LogP contribution in [0.5, 0.6) is 0 Å². The smallest absolute Gasteiger partial charge is 0.333 e. The first-order valence-electron chi connectivity index (χ1n) is 10.1. The number of esters is 1. The molecule has 2 aliphatic rings. The maximum Gasteiger partial charge on any atom is 0.333 e. The molecule has 10 heteroatoms. The Morgan fingerprint density at radius 3 is 2.19 bits per heavy atom. The quantitative estimate of drug-likeness (QED) is 0.427. The molecule has 2 fully saturated rings. The number of amides is 1. The highest BCUT2D eigenvalue weighted by Crippen LogP contribution is 2.49. The molecule has 2 saturated heterocycles. The summed E-state index contributed by atoms with van der Waals surface area (Å²) in [7, 11) is -3.98. The molecule has 0 spiro atoms. The van der Waals surface area contributed by atoms with Gasteiger partial charge in [0.2, 0.25) is 5.91 Å². The van der Waals surface area contributed by atoms with Crippen molar-refractivity contribution in [2.45, 2.75) is 35.7 Å². The fourth-order valence-corrected chi connectivity index (χ4v) is 6.79. The maximum atomic E-state index is 13.6. The van der Waals surface area contributed by atoms with Gasteiger partial charge >= 0.3 is 5.97 Å². The molecular weight excluding hydrogens is 432 g/mol. The van der Waals surface area contributed by atoms with Gasteiger partial charge in [-0.2, -0.15) is 0 Å². The number of ether oxygens (including phenoxy) is 1. The molecule has 5 rings (SSSR count). The van der Waals surface area contributed by atoms with Gasteiger partial charge in [0.15, 0.2) is 26.9 Å². The third kappa shape index (κ3) is 2.79. The van der Waals surface area contributed by atoms with E-state index < -0.39 is 44.1 Å². The molecular formula is C22H20N4O5S. The van der Waals surface area contributed by atoms with Gasteiger partial charge in [-0.25, -0.2) is 17.9 Å². The number of hydrogen-bond acceptors (Lipinski definition) is 7. The Labute approximate surface area is 184 Å². The average Bonchev–Trinajstić information content (AvgIpc) is 3.38. The van der Waals surface area contributed by atoms with Gasteiger partial charge in [0.1, 0.15) is 5.37 Å². The van der Waals surface area contributed by atoms with Crippen LogP contribution in [-0.4, -0.2) is 51.6 Å². The van der Waals surface area contributed by atoms with Crippen LogP contribution in [0.15, 0.2) is 73.1 Å². The topological polar surface area (TPSA) is 111 Å². The summed E-state index contributed by atoms with van der Waals surface area (Å²) in [6.07, 6.45) is 1.76. The SMILES string of the molecule is C[C@]1(n2ccnn2)[C@H](C(=O)OC(c2ccccc2)c2ccccc2)N2C(=O)C[C@H]2S1(=O)=O. The van der Waals surface area contributed by atoms with Gasteiger partial charge in [0.25, 0.3) is 0 Å². The van der Waals surface area contributed by atoms with Gasteiger partial charge in [0, 0.05) is 6.20 Å². The third-order valence-corrected chi connectivity index (χ3v) is 8.88. The molecule has 0 unspecified atom stereocenters. The van der Waals surface area contributed by atoms with Crippen LogP contribution in [-0.2, 0) is 29.0 Å². The Bertz CT molecular complexity index is 1220. The van der Waals surface area contributed by atoms with Gasteiger partial charge in [-0.05, 0) is 18.1 Å². The van der Waals surface area contributed by atoms with Crippen molar-refractivity contribution in [3.8, 4) is 0 Å². The minimum Gasteiger partial charge on any atom is -0.451 e. The summed E-state index contributed by atoms with van der Waals surface area (Å²) in [5, 5.41) is 6.48. The van der Waals surface area contributed by atoms with Gasteiger partial charge in [-0.15, -0.1) is 5.10 Å². The van der Waals surface area contributed by atoms with E-state index in [2.05, 4.69) is 10.3 Å². The summed E-state index contributed by atoms with van der Waals surface area (Å²) < 4.78 is 33.8. The van der Waals surface area contributed by atoms with E-state index >= 15 is 0 Å². The lowest BCUT2D eigenvalue weighted by Gasteiger charge is -2.37. The first-order chi connectivity index (χ1) is 15.4. The molecule has 3 aromatic rings. The van der Waals surface area contributed by atoms with Gasteiger partial charge in [0.05, 0.1) is 12.6 Å². The highest BCUT2D eigenvalue weighted by Gasteiger charge is 2.72. The number of sulfone groups is 1. The number of aromatic nitrogens is 3. The zero-order valence-corrected chi connectivity index (χ0v) is 17.9. The Balaban J connectivity index is 1.58. The number of rotatable bonds is 5. The van der Waals surface area contributed by atoms with Crippen LogP contribution in [0.1, 0.15) is 30.6 Å². The van der Waals surface area contributed by atoms with Crippen LogP contribution < -0.4 is 0 Å². The molecule has 0 aliphatic carbocycles. The minimum absolute atomic E-state index is 0.169. The van der Waals surface area contributed by atoms with Crippen LogP contribution in [0, 0.1) is 0 Å². The third-order valence-electron chi connectivity index (χ3n) is 6.21. The van der Waals surface area contributed by atoms with Crippen LogP contribution in [0.4, 0.5) is 0 Å². The molecule has 0 N–H and O–H groups in total. The van der Waals surface area contributed by atoms with Crippen molar-refractivity contribution in [2.24, 2.45) is 0 Å². The summed E-state index contributed by atoms with van der Waals surface area (Å²) in [6.45, 7) is 1.38. The number of benzene rings is 2. The number of carbonyl (C=O) groups excluding carboxylic acids is 2. The van der Waals surface area contributed by atoms with Crippen molar-refractivity contribution in [1.82, 2.24) is 19.9 Å². The molecule has 2 aromatic carbocycles. The highest BCUT2D eigenvalue weighted by molar-refractivity contribution is 7.93. The van der Waals surface area contributed by atoms with E-state index in [9.17, 15) is 18.0 Å². The summed E-state index contributed by atoms with van der Waals surface area (Å²) >= 11 is 0. The molecule has 3 heterocycles. The predicted octanol–water partition coefficient (Wildman–Crippen LogP) is 1.64. The zero-order chi connectivity index (χ0) is 22.5. The van der Waals surface area contributed by atoms with Gasteiger partial charge in [-0.3, -0.25) is 4.79 Å². The summed E-state index contributed by atoms with van der Waals surface area (Å²) in [4.78, 5) is 25.3. The van der Waals surface area contributed by atoms with E-state index in [0.29, 0.717) is 0 Å². The van der Waals surface area contributed by atoms with E-state index in [1.165, 1.54) is 19.3 Å². The largest absolute Gasteiger partial charge is 0.451 e. The van der Waals surface area contributed by atoms with Crippen molar-refractivity contribution in [1.29, 1.82) is 0 Å². The fourth-order valence-electron chi connectivity index (χ4n) is 4.46. The van der Waals surface area contributed by atoms with Crippen LogP contribution in [0.2, 0.25) is 0 Å². The lowest BCUT2D eigenvalue weighted by molar-refractivity contribution is -0.165. The molecule has 1 amide bonds. The first kappa shape index (κ1) is 20.4. The Morgan fingerprint density at radius 2 is 1.69 bits per heavy atom. The summed E-state index contributed by atoms with van der Waals surface area (Å²) in [6, 6.07) is 16.9. The van der Waals surface area contributed by atoms with Crippen LogP contribution >= 0.6 is 0 Å². The normalized spacial score (nSPS) is 25.9. The number of carbonyl (C=O) groups is 2. The first-order valence-corrected chi connectivity index (χ1v) is 11.6. The molecule has 9 nitrogen and oxygen atoms in total. The van der Waals surface area contributed by atoms with Crippen molar-refractivity contribution in [3.63, 3.8) is 0 Å². The number of fused-ring (bicyclic) bond motifs is 1. The monoisotopic (exact) mass is 452 g/mol. The van der Waals surface area contributed by atoms with Gasteiger partial charge < -0.3 is 9.64 Å². The lowest BCUT2D eigenvalue weighted by Crippen LogP contribution is -2.58. The van der Waals surface area contributed by atoms with E-state index in [1.807, 2.05) is 60.7 Å². The van der Waals surface area contributed by atoms with Crippen molar-refractivity contribution in [3.05, 3.63) is 84.2 Å². The predicted molar refractivity (Wildman–Crippen MR) is 112 cm³/mol. The minimum atomic E-state index is -3.98. The molecule has 2 aliphatic heterocycles. The standard InChI is InChI=1S/C22H20N4O5S/c1-22(25-13-12-23-24-25)20(26-17(27)14-18(26)32(22,29)30)21(28)31-19(15-8-4-2-5-9-15)16-10-6-3-7-11-16/h2-13,18-20H,14H2,1H3/t18-,20+,22-/m1/s1. The Hall–Kier alpha value is -3.53. The maximum absolute atomic E-state index is 13.6. The Morgan fingerprint density at radius 1 is 1.09 bits per heavy atom. The Kier molecular flexibility index (Phi) is 4.63. The lowest BCUT2D eigenvalue weighted by atomic mass is 10.00. The second kappa shape index (κ2) is 7.27. The van der Waals surface area contributed by atoms with Crippen molar-refractivity contribution in [2.75, 3.05) is 0 Å². The molecule has 0 bridgehead atoms. The van der Waals surface area contributed by atoms with E-state index in [4.69, 9.17) is 4.74 Å². The van der Waals surface area contributed by atoms with E-state index in [1.54, 1.807) is 0 Å². The second-order valence-corrected chi connectivity index (χ2v) is 10.4. The van der Waals surface area contributed by atoms with E-state index in [-0.39, 0.29) is 6.42 Å². The molecule has 1 aromatic heterocycles. The number of hydrogen-bond donors (Lipinski definition) is 0. The molecule has 164 valence electrons. The highest BCUT2D eigenvalue weighted by atomic mass is 32.2. The number of β-lactam (4-membered cyclic amide) rings is 1. The fraction of sp³-hybridized carbons (Fsp3) is 0.273. The van der Waals surface area contributed by atoms with Gasteiger partial charge in [-0.1, -0.05) is 65.9 Å². The average molecular weight is 452 g/mol. The van der Waals surface area contributed by atoms with E-state index in [0.717, 1.165) is 20.7 Å². The van der Waals surface area contributed by atoms with Crippen molar-refractivity contribution < 1.29 is 22.7 Å². The van der Waals surface area contributed by atoms with Crippen LogP contribution in [0.3, 0.4) is 0 Å². The summed E-state index contributed by atoms with van der Waals surface area (Å²) in [5.41, 5.74) is 1.45. The van der Waals surface area contributed by atoms with Crippen molar-refractivity contribution >= 4 is 21.7 Å². The molecule has 32 heavy (non-hydrogen) atoms. The number of nitrogens with zero attached hydrogens (tertiary/aromatic N) is 4. The zero-order valence-electron chi connectivity index (χ0n) is 17.1. The summed E-state index contributed by atoms with van der Waals surface area (Å²) in [5.74, 6) is -1.24.